The summed E-state index contributed by atoms with van der Waals surface area (Å²) in [6.07, 6.45) is 0. The second-order valence-electron chi connectivity index (χ2n) is 6.49. The van der Waals surface area contributed by atoms with Crippen LogP contribution in [0.2, 0.25) is 10.0 Å². The quantitative estimate of drug-likeness (QED) is 0.649. The molecule has 1 aromatic heterocycles. The van der Waals surface area contributed by atoms with Crippen LogP contribution in [0.15, 0.2) is 42.5 Å². The van der Waals surface area contributed by atoms with E-state index in [9.17, 15) is 13.2 Å². The molecule has 10 heteroatoms. The number of carbonyl (C=O) groups is 1. The van der Waals surface area contributed by atoms with Crippen LogP contribution in [0.1, 0.15) is 21.6 Å². The fraction of sp³-hybridized carbons (Fsp3) is 0.158. The van der Waals surface area contributed by atoms with Crippen molar-refractivity contribution >= 4 is 44.8 Å². The van der Waals surface area contributed by atoms with Gasteiger partial charge in [-0.1, -0.05) is 23.2 Å². The van der Waals surface area contributed by atoms with Gasteiger partial charge in [-0.25, -0.2) is 13.1 Å². The number of hydrogen-bond acceptors (Lipinski definition) is 5. The van der Waals surface area contributed by atoms with Crippen molar-refractivity contribution in [3.8, 4) is 11.4 Å². The van der Waals surface area contributed by atoms with Crippen LogP contribution in [0.5, 0.6) is 5.75 Å². The Morgan fingerprint density at radius 2 is 1.86 bits per heavy atom. The van der Waals surface area contributed by atoms with E-state index in [-0.39, 0.29) is 27.9 Å². The third kappa shape index (κ3) is 3.83. The molecule has 0 aliphatic carbocycles. The highest BCUT2D eigenvalue weighted by Gasteiger charge is 2.33. The number of benzene rings is 2. The van der Waals surface area contributed by atoms with Gasteiger partial charge >= 0.3 is 0 Å². The van der Waals surface area contributed by atoms with Gasteiger partial charge in [-0.3, -0.25) is 4.79 Å². The van der Waals surface area contributed by atoms with Gasteiger partial charge in [0.15, 0.2) is 9.84 Å². The Labute approximate surface area is 177 Å². The maximum Gasteiger partial charge on any atom is 0.258 e. The maximum absolute atomic E-state index is 12.9. The second kappa shape index (κ2) is 7.37. The first-order valence-electron chi connectivity index (χ1n) is 8.49. The van der Waals surface area contributed by atoms with E-state index in [4.69, 9.17) is 27.9 Å². The smallest absolute Gasteiger partial charge is 0.258 e. The standard InChI is InChI=1S/C19H15Cl2N3O4S/c1-28-13-5-3-12(4-6-13)24-18(15-9-29(26,27)10-17(15)23-24)22-19(25)14-8-11(20)2-7-16(14)21/h2-8H,9-10H2,1H3,(H,22,25). The first-order valence-corrected chi connectivity index (χ1v) is 11.1. The number of ether oxygens (including phenoxy) is 1. The summed E-state index contributed by atoms with van der Waals surface area (Å²) in [5.41, 5.74) is 1.70. The molecular formula is C19H15Cl2N3O4S. The summed E-state index contributed by atoms with van der Waals surface area (Å²) in [6, 6.07) is 11.6. The number of nitrogens with zero attached hydrogens (tertiary/aromatic N) is 2. The Balaban J connectivity index is 1.78. The summed E-state index contributed by atoms with van der Waals surface area (Å²) >= 11 is 12.1. The van der Waals surface area contributed by atoms with Crippen LogP contribution in [-0.4, -0.2) is 31.2 Å². The highest BCUT2D eigenvalue weighted by Crippen LogP contribution is 2.34. The van der Waals surface area contributed by atoms with Gasteiger partial charge in [-0.05, 0) is 42.5 Å². The van der Waals surface area contributed by atoms with Crippen LogP contribution in [0.3, 0.4) is 0 Å². The Morgan fingerprint density at radius 1 is 1.14 bits per heavy atom. The monoisotopic (exact) mass is 451 g/mol. The van der Waals surface area contributed by atoms with Crippen molar-refractivity contribution in [1.29, 1.82) is 0 Å². The van der Waals surface area contributed by atoms with E-state index in [0.717, 1.165) is 0 Å². The molecule has 1 amide bonds. The SMILES string of the molecule is COc1ccc(-n2nc3c(c2NC(=O)c2cc(Cl)ccc2Cl)CS(=O)(=O)C3)cc1. The van der Waals surface area contributed by atoms with Crippen LogP contribution in [-0.2, 0) is 21.3 Å². The third-order valence-corrected chi connectivity index (χ3v) is 6.52. The lowest BCUT2D eigenvalue weighted by Crippen LogP contribution is -2.17. The molecule has 2 aromatic carbocycles. The molecule has 2 heterocycles. The van der Waals surface area contributed by atoms with Gasteiger partial charge in [0.05, 0.1) is 40.6 Å². The lowest BCUT2D eigenvalue weighted by Gasteiger charge is -2.12. The van der Waals surface area contributed by atoms with E-state index >= 15 is 0 Å². The zero-order valence-corrected chi connectivity index (χ0v) is 17.5. The molecule has 1 aliphatic heterocycles. The Bertz CT molecular complexity index is 1220. The molecule has 0 bridgehead atoms. The summed E-state index contributed by atoms with van der Waals surface area (Å²) < 4.78 is 30.8. The van der Waals surface area contributed by atoms with Gasteiger partial charge in [0.25, 0.3) is 5.91 Å². The molecule has 0 saturated carbocycles. The van der Waals surface area contributed by atoms with Crippen molar-refractivity contribution in [3.05, 3.63) is 69.3 Å². The van der Waals surface area contributed by atoms with E-state index in [2.05, 4.69) is 10.4 Å². The number of fused-ring (bicyclic) bond motifs is 1. The zero-order valence-electron chi connectivity index (χ0n) is 15.1. The number of methoxy groups -OCH3 is 1. The fourth-order valence-corrected chi connectivity index (χ4v) is 5.00. The summed E-state index contributed by atoms with van der Waals surface area (Å²) in [5, 5.41) is 7.77. The number of nitrogens with one attached hydrogen (secondary N) is 1. The highest BCUT2D eigenvalue weighted by molar-refractivity contribution is 7.90. The predicted molar refractivity (Wildman–Crippen MR) is 111 cm³/mol. The molecular weight excluding hydrogens is 437 g/mol. The molecule has 0 saturated heterocycles. The summed E-state index contributed by atoms with van der Waals surface area (Å²) in [5.74, 6) is 0.0581. The predicted octanol–water partition coefficient (Wildman–Crippen LogP) is 3.87. The maximum atomic E-state index is 12.9. The summed E-state index contributed by atoms with van der Waals surface area (Å²) in [4.78, 5) is 12.9. The van der Waals surface area contributed by atoms with Gasteiger partial charge in [0, 0.05) is 10.6 Å². The normalized spacial score (nSPS) is 14.4. The molecule has 4 rings (SSSR count). The average molecular weight is 452 g/mol. The van der Waals surface area contributed by atoms with Crippen LogP contribution >= 0.6 is 23.2 Å². The third-order valence-electron chi connectivity index (χ3n) is 4.51. The van der Waals surface area contributed by atoms with Gasteiger partial charge in [-0.2, -0.15) is 5.10 Å². The molecule has 150 valence electrons. The van der Waals surface area contributed by atoms with Crippen molar-refractivity contribution < 1.29 is 17.9 Å². The van der Waals surface area contributed by atoms with Gasteiger partial charge in [0.2, 0.25) is 0 Å². The number of anilines is 1. The lowest BCUT2D eigenvalue weighted by molar-refractivity contribution is 0.102. The topological polar surface area (TPSA) is 90.3 Å². The van der Waals surface area contributed by atoms with E-state index in [1.54, 1.807) is 37.4 Å². The average Bonchev–Trinajstić information content (AvgIpc) is 3.16. The Morgan fingerprint density at radius 3 is 2.55 bits per heavy atom. The number of sulfone groups is 1. The molecule has 0 unspecified atom stereocenters. The molecule has 29 heavy (non-hydrogen) atoms. The van der Waals surface area contributed by atoms with Crippen molar-refractivity contribution in [2.24, 2.45) is 0 Å². The fourth-order valence-electron chi connectivity index (χ4n) is 3.13. The minimum absolute atomic E-state index is 0.174. The number of amides is 1. The van der Waals surface area contributed by atoms with E-state index < -0.39 is 15.7 Å². The molecule has 0 spiro atoms. The number of aromatic nitrogens is 2. The molecule has 1 aliphatic rings. The lowest BCUT2D eigenvalue weighted by atomic mass is 10.2. The van der Waals surface area contributed by atoms with Crippen LogP contribution in [0.4, 0.5) is 5.82 Å². The Kier molecular flexibility index (Phi) is 5.02. The van der Waals surface area contributed by atoms with Gasteiger partial charge in [-0.15, -0.1) is 0 Å². The van der Waals surface area contributed by atoms with Gasteiger partial charge < -0.3 is 10.1 Å². The molecule has 1 N–H and O–H groups in total. The minimum atomic E-state index is -3.30. The van der Waals surface area contributed by atoms with E-state index in [0.29, 0.717) is 27.7 Å². The summed E-state index contributed by atoms with van der Waals surface area (Å²) in [6.45, 7) is 0. The van der Waals surface area contributed by atoms with E-state index in [1.165, 1.54) is 16.8 Å². The Hall–Kier alpha value is -2.55. The first-order chi connectivity index (χ1) is 13.8. The van der Waals surface area contributed by atoms with Crippen LogP contribution in [0, 0.1) is 0 Å². The second-order valence-corrected chi connectivity index (χ2v) is 9.40. The highest BCUT2D eigenvalue weighted by atomic mass is 35.5. The molecule has 0 radical (unpaired) electrons. The number of halogens is 2. The van der Waals surface area contributed by atoms with Crippen LogP contribution < -0.4 is 10.1 Å². The van der Waals surface area contributed by atoms with Crippen molar-refractivity contribution in [3.63, 3.8) is 0 Å². The number of rotatable bonds is 4. The minimum Gasteiger partial charge on any atom is -0.497 e. The van der Waals surface area contributed by atoms with Crippen molar-refractivity contribution in [2.45, 2.75) is 11.5 Å². The van der Waals surface area contributed by atoms with Gasteiger partial charge in [0.1, 0.15) is 11.6 Å². The number of carbonyl (C=O) groups excluding carboxylic acids is 1. The largest absolute Gasteiger partial charge is 0.497 e. The number of hydrogen-bond donors (Lipinski definition) is 1. The van der Waals surface area contributed by atoms with Crippen molar-refractivity contribution in [1.82, 2.24) is 9.78 Å². The molecule has 0 fully saturated rings. The van der Waals surface area contributed by atoms with E-state index in [1.807, 2.05) is 0 Å². The summed E-state index contributed by atoms with van der Waals surface area (Å²) in [7, 11) is -1.75. The zero-order chi connectivity index (χ0) is 20.8. The molecule has 3 aromatic rings. The van der Waals surface area contributed by atoms with Crippen LogP contribution in [0.25, 0.3) is 5.69 Å². The first kappa shape index (κ1) is 19.8. The molecule has 7 nitrogen and oxygen atoms in total. The molecule has 0 atom stereocenters. The van der Waals surface area contributed by atoms with Crippen molar-refractivity contribution in [2.75, 3.05) is 12.4 Å².